The number of sulfonamides is 1. The zero-order valence-electron chi connectivity index (χ0n) is 12.4. The Morgan fingerprint density at radius 2 is 2.00 bits per heavy atom. The molecule has 2 rings (SSSR count). The minimum Gasteiger partial charge on any atom is -0.313 e. The Labute approximate surface area is 127 Å². The molecule has 114 valence electrons. The van der Waals surface area contributed by atoms with Crippen molar-refractivity contribution in [1.82, 2.24) is 9.62 Å². The van der Waals surface area contributed by atoms with Crippen LogP contribution in [-0.2, 0) is 16.6 Å². The molecule has 0 atom stereocenters. The Morgan fingerprint density at radius 3 is 2.52 bits per heavy atom. The third kappa shape index (κ3) is 4.31. The molecular formula is C16H22N2O2S. The molecule has 0 amide bonds. The van der Waals surface area contributed by atoms with Crippen LogP contribution in [0.2, 0.25) is 0 Å². The van der Waals surface area contributed by atoms with Crippen LogP contribution in [0.25, 0.3) is 0 Å². The van der Waals surface area contributed by atoms with E-state index in [1.54, 1.807) is 12.1 Å². The van der Waals surface area contributed by atoms with Crippen LogP contribution in [0.5, 0.6) is 0 Å². The Balaban J connectivity index is 2.14. The molecule has 1 aliphatic rings. The number of terminal acetylenes is 1. The van der Waals surface area contributed by atoms with Crippen molar-refractivity contribution in [3.8, 4) is 12.3 Å². The Kier molecular flexibility index (Phi) is 5.40. The van der Waals surface area contributed by atoms with Gasteiger partial charge in [0.1, 0.15) is 0 Å². The van der Waals surface area contributed by atoms with Crippen molar-refractivity contribution >= 4 is 10.0 Å². The lowest BCUT2D eigenvalue weighted by Crippen LogP contribution is -2.33. The topological polar surface area (TPSA) is 49.4 Å². The average Bonchev–Trinajstić information content (AvgIpc) is 3.29. The van der Waals surface area contributed by atoms with E-state index in [9.17, 15) is 8.42 Å². The fraction of sp³-hybridized carbons (Fsp3) is 0.500. The summed E-state index contributed by atoms with van der Waals surface area (Å²) in [7, 11) is -3.49. The summed E-state index contributed by atoms with van der Waals surface area (Å²) in [6.07, 6.45) is 7.51. The fourth-order valence-corrected chi connectivity index (χ4v) is 3.57. The molecule has 0 aromatic heterocycles. The highest BCUT2D eigenvalue weighted by atomic mass is 32.2. The third-order valence-electron chi connectivity index (χ3n) is 3.57. The van der Waals surface area contributed by atoms with Crippen LogP contribution in [0.3, 0.4) is 0 Å². The van der Waals surface area contributed by atoms with Crippen molar-refractivity contribution in [2.45, 2.75) is 31.2 Å². The molecule has 1 aromatic carbocycles. The van der Waals surface area contributed by atoms with Crippen molar-refractivity contribution in [3.63, 3.8) is 0 Å². The predicted molar refractivity (Wildman–Crippen MR) is 84.1 cm³/mol. The zero-order valence-corrected chi connectivity index (χ0v) is 13.2. The number of hydrogen-bond acceptors (Lipinski definition) is 3. The Morgan fingerprint density at radius 1 is 1.33 bits per heavy atom. The second-order valence-electron chi connectivity index (χ2n) is 5.37. The van der Waals surface area contributed by atoms with Gasteiger partial charge in [0.15, 0.2) is 0 Å². The van der Waals surface area contributed by atoms with Crippen LogP contribution in [0.1, 0.15) is 25.3 Å². The monoisotopic (exact) mass is 306 g/mol. The second kappa shape index (κ2) is 7.08. The largest absolute Gasteiger partial charge is 0.313 e. The van der Waals surface area contributed by atoms with Gasteiger partial charge in [0, 0.05) is 13.1 Å². The molecule has 4 nitrogen and oxygen atoms in total. The van der Waals surface area contributed by atoms with Crippen LogP contribution in [0, 0.1) is 18.3 Å². The van der Waals surface area contributed by atoms with Gasteiger partial charge in [0.2, 0.25) is 10.0 Å². The molecule has 5 heteroatoms. The highest BCUT2D eigenvalue weighted by Crippen LogP contribution is 2.31. The Hall–Kier alpha value is -1.35. The van der Waals surface area contributed by atoms with Crippen LogP contribution < -0.4 is 5.32 Å². The molecule has 0 saturated heterocycles. The number of nitrogens with zero attached hydrogens (tertiary/aromatic N) is 1. The maximum Gasteiger partial charge on any atom is 0.243 e. The van der Waals surface area contributed by atoms with Crippen molar-refractivity contribution in [3.05, 3.63) is 29.8 Å². The molecule has 0 unspecified atom stereocenters. The normalized spacial score (nSPS) is 15.1. The zero-order chi connectivity index (χ0) is 15.3. The van der Waals surface area contributed by atoms with Gasteiger partial charge in [-0.25, -0.2) is 8.42 Å². The van der Waals surface area contributed by atoms with E-state index in [1.807, 2.05) is 19.1 Å². The van der Waals surface area contributed by atoms with Gasteiger partial charge in [-0.15, -0.1) is 6.42 Å². The summed E-state index contributed by atoms with van der Waals surface area (Å²) in [6, 6.07) is 7.03. The smallest absolute Gasteiger partial charge is 0.243 e. The minimum absolute atomic E-state index is 0.137. The molecule has 1 aromatic rings. The van der Waals surface area contributed by atoms with E-state index in [0.717, 1.165) is 31.5 Å². The SMILES string of the molecule is C#CCN(CC1CC1)S(=O)(=O)c1ccc(CNCC)cc1. The number of hydrogen-bond donors (Lipinski definition) is 1. The van der Waals surface area contributed by atoms with E-state index < -0.39 is 10.0 Å². The number of rotatable bonds is 8. The molecule has 1 N–H and O–H groups in total. The molecule has 1 saturated carbocycles. The molecule has 1 fully saturated rings. The maximum atomic E-state index is 12.6. The van der Waals surface area contributed by atoms with E-state index in [2.05, 4.69) is 11.2 Å². The summed E-state index contributed by atoms with van der Waals surface area (Å²) in [5.74, 6) is 2.93. The minimum atomic E-state index is -3.49. The highest BCUT2D eigenvalue weighted by molar-refractivity contribution is 7.89. The maximum absolute atomic E-state index is 12.6. The third-order valence-corrected chi connectivity index (χ3v) is 5.39. The van der Waals surface area contributed by atoms with Gasteiger partial charge in [-0.2, -0.15) is 4.31 Å². The fourth-order valence-electron chi connectivity index (χ4n) is 2.14. The van der Waals surface area contributed by atoms with Crippen molar-refractivity contribution in [2.24, 2.45) is 5.92 Å². The summed E-state index contributed by atoms with van der Waals surface area (Å²) in [5.41, 5.74) is 1.07. The molecule has 0 aliphatic heterocycles. The standard InChI is InChI=1S/C16H22N2O2S/c1-3-11-18(13-15-5-6-15)21(19,20)16-9-7-14(8-10-16)12-17-4-2/h1,7-10,15,17H,4-6,11-13H2,2H3. The van der Waals surface area contributed by atoms with Gasteiger partial charge < -0.3 is 5.32 Å². The molecule has 0 heterocycles. The van der Waals surface area contributed by atoms with Crippen LogP contribution in [0.15, 0.2) is 29.2 Å². The molecular weight excluding hydrogens is 284 g/mol. The lowest BCUT2D eigenvalue weighted by Gasteiger charge is -2.19. The molecule has 0 radical (unpaired) electrons. The first-order chi connectivity index (χ1) is 10.1. The lowest BCUT2D eigenvalue weighted by atomic mass is 10.2. The summed E-state index contributed by atoms with van der Waals surface area (Å²) in [6.45, 7) is 4.34. The van der Waals surface area contributed by atoms with Gasteiger partial charge in [0.05, 0.1) is 11.4 Å². The van der Waals surface area contributed by atoms with E-state index in [0.29, 0.717) is 17.4 Å². The second-order valence-corrected chi connectivity index (χ2v) is 7.31. The molecule has 21 heavy (non-hydrogen) atoms. The van der Waals surface area contributed by atoms with E-state index in [4.69, 9.17) is 6.42 Å². The molecule has 0 spiro atoms. The molecule has 0 bridgehead atoms. The first-order valence-electron chi connectivity index (χ1n) is 7.31. The number of benzene rings is 1. The van der Waals surface area contributed by atoms with Crippen molar-refractivity contribution in [2.75, 3.05) is 19.6 Å². The quantitative estimate of drug-likeness (QED) is 0.746. The number of nitrogens with one attached hydrogen (secondary N) is 1. The summed E-state index contributed by atoms with van der Waals surface area (Å²) < 4.78 is 26.7. The Bertz CT molecular complexity index is 598. The summed E-state index contributed by atoms with van der Waals surface area (Å²) >= 11 is 0. The highest BCUT2D eigenvalue weighted by Gasteiger charge is 2.31. The van der Waals surface area contributed by atoms with Gasteiger partial charge in [-0.1, -0.05) is 25.0 Å². The van der Waals surface area contributed by atoms with Gasteiger partial charge >= 0.3 is 0 Å². The molecule has 1 aliphatic carbocycles. The lowest BCUT2D eigenvalue weighted by molar-refractivity contribution is 0.430. The summed E-state index contributed by atoms with van der Waals surface area (Å²) in [5, 5.41) is 3.21. The average molecular weight is 306 g/mol. The summed E-state index contributed by atoms with van der Waals surface area (Å²) in [4.78, 5) is 0.318. The van der Waals surface area contributed by atoms with Gasteiger partial charge in [0.25, 0.3) is 0 Å². The predicted octanol–water partition coefficient (Wildman–Crippen LogP) is 1.83. The first-order valence-corrected chi connectivity index (χ1v) is 8.75. The van der Waals surface area contributed by atoms with Crippen LogP contribution >= 0.6 is 0 Å². The van der Waals surface area contributed by atoms with E-state index in [1.165, 1.54) is 4.31 Å². The van der Waals surface area contributed by atoms with E-state index in [-0.39, 0.29) is 6.54 Å². The first kappa shape index (κ1) is 16.0. The van der Waals surface area contributed by atoms with Crippen molar-refractivity contribution < 1.29 is 8.42 Å². The van der Waals surface area contributed by atoms with Crippen LogP contribution in [-0.4, -0.2) is 32.4 Å². The van der Waals surface area contributed by atoms with E-state index >= 15 is 0 Å². The van der Waals surface area contributed by atoms with Crippen LogP contribution in [0.4, 0.5) is 0 Å². The van der Waals surface area contributed by atoms with Crippen molar-refractivity contribution in [1.29, 1.82) is 0 Å². The van der Waals surface area contributed by atoms with Gasteiger partial charge in [-0.3, -0.25) is 0 Å². The van der Waals surface area contributed by atoms with Gasteiger partial charge in [-0.05, 0) is 43.0 Å².